The minimum Gasteiger partial charge on any atom is -0.462 e. The van der Waals surface area contributed by atoms with E-state index in [0.717, 1.165) is 69.6 Å². The zero-order valence-electron chi connectivity index (χ0n) is 45.3. The van der Waals surface area contributed by atoms with E-state index in [9.17, 15) is 14.4 Å². The molecule has 0 heterocycles. The van der Waals surface area contributed by atoms with Crippen LogP contribution >= 0.6 is 0 Å². The molecular weight excluding hydrogens is 817 g/mol. The molecule has 0 amide bonds. The van der Waals surface area contributed by atoms with Crippen molar-refractivity contribution in [2.45, 2.75) is 343 Å². The van der Waals surface area contributed by atoms with E-state index in [2.05, 4.69) is 34.6 Å². The van der Waals surface area contributed by atoms with Crippen LogP contribution in [0.15, 0.2) is 0 Å². The number of ether oxygens (including phenoxy) is 3. The van der Waals surface area contributed by atoms with Gasteiger partial charge in [0.25, 0.3) is 0 Å². The second-order valence-corrected chi connectivity index (χ2v) is 21.4. The average Bonchev–Trinajstić information content (AvgIpc) is 3.30. The molecule has 66 heavy (non-hydrogen) atoms. The molecule has 0 N–H and O–H groups in total. The van der Waals surface area contributed by atoms with Crippen molar-refractivity contribution in [1.82, 2.24) is 0 Å². The Kier molecular flexibility index (Phi) is 51.5. The quantitative estimate of drug-likeness (QED) is 0.0343. The van der Waals surface area contributed by atoms with Crippen LogP contribution in [0.1, 0.15) is 336 Å². The summed E-state index contributed by atoms with van der Waals surface area (Å²) in [5.74, 6) is 0.865. The molecule has 0 saturated heterocycles. The van der Waals surface area contributed by atoms with Crippen molar-refractivity contribution < 1.29 is 28.6 Å². The van der Waals surface area contributed by atoms with Gasteiger partial charge in [-0.1, -0.05) is 298 Å². The van der Waals surface area contributed by atoms with Crippen LogP contribution in [-0.4, -0.2) is 37.2 Å². The Morgan fingerprint density at radius 2 is 0.576 bits per heavy atom. The molecule has 392 valence electrons. The minimum atomic E-state index is -0.763. The third-order valence-electron chi connectivity index (χ3n) is 14.1. The van der Waals surface area contributed by atoms with Gasteiger partial charge in [-0.15, -0.1) is 0 Å². The molecule has 0 aliphatic heterocycles. The van der Waals surface area contributed by atoms with Crippen molar-refractivity contribution in [1.29, 1.82) is 0 Å². The normalized spacial score (nSPS) is 12.5. The Morgan fingerprint density at radius 3 is 0.864 bits per heavy atom. The Labute approximate surface area is 412 Å². The van der Waals surface area contributed by atoms with Crippen molar-refractivity contribution in [3.63, 3.8) is 0 Å². The fourth-order valence-corrected chi connectivity index (χ4v) is 9.20. The van der Waals surface area contributed by atoms with Crippen molar-refractivity contribution in [2.75, 3.05) is 13.2 Å². The lowest BCUT2D eigenvalue weighted by Gasteiger charge is -2.18. The Morgan fingerprint density at radius 1 is 0.318 bits per heavy atom. The number of unbranched alkanes of at least 4 members (excludes halogenated alkanes) is 38. The molecule has 0 fully saturated rings. The highest BCUT2D eigenvalue weighted by Crippen LogP contribution is 2.19. The lowest BCUT2D eigenvalue weighted by atomic mass is 9.99. The van der Waals surface area contributed by atoms with Crippen LogP contribution in [0, 0.1) is 11.8 Å². The summed E-state index contributed by atoms with van der Waals surface area (Å²) in [5, 5.41) is 0. The standard InChI is InChI=1S/C60H116O6/c1-6-8-9-10-11-12-13-14-19-23-26-29-35-40-45-50-58(61)64-53-57(54-65-59(62)51-46-41-36-32-31-33-38-43-48-55(3)4)66-60(63)52-47-42-37-30-27-24-21-18-16-15-17-20-22-25-28-34-39-44-49-56(5)7-2/h55-57H,6-54H2,1-5H3/t56?,57-/m0/s1. The molecule has 0 aromatic rings. The predicted molar refractivity (Wildman–Crippen MR) is 284 cm³/mol. The molecule has 6 nitrogen and oxygen atoms in total. The predicted octanol–water partition coefficient (Wildman–Crippen LogP) is 19.7. The van der Waals surface area contributed by atoms with E-state index in [1.165, 1.54) is 225 Å². The van der Waals surface area contributed by atoms with E-state index in [-0.39, 0.29) is 31.1 Å². The van der Waals surface area contributed by atoms with Gasteiger partial charge in [0.05, 0.1) is 0 Å². The van der Waals surface area contributed by atoms with Gasteiger partial charge in [0.2, 0.25) is 0 Å². The maximum atomic E-state index is 12.9. The van der Waals surface area contributed by atoms with Crippen LogP contribution in [0.25, 0.3) is 0 Å². The summed E-state index contributed by atoms with van der Waals surface area (Å²) in [6, 6.07) is 0. The largest absolute Gasteiger partial charge is 0.462 e. The SMILES string of the molecule is CCCCCCCCCCCCCCCCCC(=O)OC[C@@H](COC(=O)CCCCCCCCCCC(C)C)OC(=O)CCCCCCCCCCCCCCCCCCCCC(C)CC. The van der Waals surface area contributed by atoms with Gasteiger partial charge in [0.15, 0.2) is 6.10 Å². The first-order valence-electron chi connectivity index (χ1n) is 29.8. The number of hydrogen-bond donors (Lipinski definition) is 0. The van der Waals surface area contributed by atoms with E-state index < -0.39 is 6.10 Å². The van der Waals surface area contributed by atoms with Crippen LogP contribution in [-0.2, 0) is 28.6 Å². The maximum absolute atomic E-state index is 12.9. The summed E-state index contributed by atoms with van der Waals surface area (Å²) in [6.45, 7) is 11.4. The molecule has 0 aliphatic carbocycles. The zero-order chi connectivity index (χ0) is 48.2. The smallest absolute Gasteiger partial charge is 0.306 e. The molecular formula is C60H116O6. The molecule has 0 aliphatic rings. The monoisotopic (exact) mass is 933 g/mol. The van der Waals surface area contributed by atoms with Gasteiger partial charge in [0.1, 0.15) is 13.2 Å². The van der Waals surface area contributed by atoms with Gasteiger partial charge in [-0.3, -0.25) is 14.4 Å². The summed E-state index contributed by atoms with van der Waals surface area (Å²) in [6.07, 6.45) is 56.7. The first kappa shape index (κ1) is 64.4. The summed E-state index contributed by atoms with van der Waals surface area (Å²) < 4.78 is 16.9. The van der Waals surface area contributed by atoms with E-state index in [0.29, 0.717) is 19.3 Å². The fourth-order valence-electron chi connectivity index (χ4n) is 9.20. The van der Waals surface area contributed by atoms with E-state index in [1.807, 2.05) is 0 Å². The van der Waals surface area contributed by atoms with Gasteiger partial charge in [-0.25, -0.2) is 0 Å². The molecule has 6 heteroatoms. The van der Waals surface area contributed by atoms with Crippen molar-refractivity contribution in [3.05, 3.63) is 0 Å². The maximum Gasteiger partial charge on any atom is 0.306 e. The third-order valence-corrected chi connectivity index (χ3v) is 14.1. The summed E-state index contributed by atoms with van der Waals surface area (Å²) >= 11 is 0. The molecule has 0 saturated carbocycles. The van der Waals surface area contributed by atoms with Crippen LogP contribution in [0.3, 0.4) is 0 Å². The van der Waals surface area contributed by atoms with Gasteiger partial charge < -0.3 is 14.2 Å². The van der Waals surface area contributed by atoms with Crippen LogP contribution in [0.5, 0.6) is 0 Å². The van der Waals surface area contributed by atoms with Gasteiger partial charge in [0, 0.05) is 19.3 Å². The van der Waals surface area contributed by atoms with Gasteiger partial charge >= 0.3 is 17.9 Å². The highest BCUT2D eigenvalue weighted by atomic mass is 16.6. The Balaban J connectivity index is 4.23. The Bertz CT molecular complexity index is 1010. The highest BCUT2D eigenvalue weighted by Gasteiger charge is 2.19. The molecule has 0 rings (SSSR count). The molecule has 0 spiro atoms. The van der Waals surface area contributed by atoms with Crippen molar-refractivity contribution >= 4 is 17.9 Å². The first-order valence-corrected chi connectivity index (χ1v) is 29.8. The second kappa shape index (κ2) is 52.8. The highest BCUT2D eigenvalue weighted by molar-refractivity contribution is 5.71. The van der Waals surface area contributed by atoms with E-state index in [1.54, 1.807) is 0 Å². The third kappa shape index (κ3) is 51.8. The summed E-state index contributed by atoms with van der Waals surface area (Å²) in [4.78, 5) is 38.1. The average molecular weight is 934 g/mol. The summed E-state index contributed by atoms with van der Waals surface area (Å²) in [7, 11) is 0. The molecule has 0 bridgehead atoms. The Hall–Kier alpha value is -1.59. The lowest BCUT2D eigenvalue weighted by Crippen LogP contribution is -2.30. The van der Waals surface area contributed by atoms with E-state index in [4.69, 9.17) is 14.2 Å². The molecule has 0 aromatic heterocycles. The van der Waals surface area contributed by atoms with Crippen molar-refractivity contribution in [3.8, 4) is 0 Å². The second-order valence-electron chi connectivity index (χ2n) is 21.4. The van der Waals surface area contributed by atoms with Crippen molar-refractivity contribution in [2.24, 2.45) is 11.8 Å². The molecule has 0 aromatic carbocycles. The molecule has 1 unspecified atom stereocenters. The molecule has 2 atom stereocenters. The van der Waals surface area contributed by atoms with Crippen LogP contribution < -0.4 is 0 Å². The topological polar surface area (TPSA) is 78.9 Å². The summed E-state index contributed by atoms with van der Waals surface area (Å²) in [5.41, 5.74) is 0. The molecule has 0 radical (unpaired) electrons. The van der Waals surface area contributed by atoms with Crippen LogP contribution in [0.2, 0.25) is 0 Å². The van der Waals surface area contributed by atoms with Gasteiger partial charge in [-0.05, 0) is 31.1 Å². The number of hydrogen-bond acceptors (Lipinski definition) is 6. The number of carbonyl (C=O) groups excluding carboxylic acids is 3. The number of carbonyl (C=O) groups is 3. The zero-order valence-corrected chi connectivity index (χ0v) is 45.3. The minimum absolute atomic E-state index is 0.0629. The number of esters is 3. The van der Waals surface area contributed by atoms with Crippen LogP contribution in [0.4, 0.5) is 0 Å². The number of rotatable bonds is 54. The first-order chi connectivity index (χ1) is 32.3. The fraction of sp³-hybridized carbons (Fsp3) is 0.950. The van der Waals surface area contributed by atoms with E-state index >= 15 is 0 Å². The lowest BCUT2D eigenvalue weighted by molar-refractivity contribution is -0.167. The van der Waals surface area contributed by atoms with Gasteiger partial charge in [-0.2, -0.15) is 0 Å².